The van der Waals surface area contributed by atoms with E-state index in [0.29, 0.717) is 25.3 Å². The molecule has 0 aliphatic heterocycles. The number of hydrogen-bond donors (Lipinski definition) is 2. The van der Waals surface area contributed by atoms with Crippen LogP contribution in [0, 0.1) is 17.8 Å². The van der Waals surface area contributed by atoms with Gasteiger partial charge in [-0.1, -0.05) is 25.2 Å². The van der Waals surface area contributed by atoms with E-state index in [4.69, 9.17) is 12.2 Å². The molecule has 1 rings (SSSR count). The van der Waals surface area contributed by atoms with Gasteiger partial charge in [0.25, 0.3) is 0 Å². The molecule has 18 heavy (non-hydrogen) atoms. The summed E-state index contributed by atoms with van der Waals surface area (Å²) in [6.45, 7) is 1.33. The van der Waals surface area contributed by atoms with Crippen molar-refractivity contribution < 1.29 is 4.79 Å². The third-order valence-corrected chi connectivity index (χ3v) is 4.50. The highest BCUT2D eigenvalue weighted by Gasteiger charge is 2.32. The lowest BCUT2D eigenvalue weighted by molar-refractivity contribution is -0.123. The Morgan fingerprint density at radius 2 is 2.11 bits per heavy atom. The lowest BCUT2D eigenvalue weighted by Crippen LogP contribution is -2.39. The van der Waals surface area contributed by atoms with Gasteiger partial charge in [0.2, 0.25) is 5.91 Å². The molecule has 102 valence electrons. The van der Waals surface area contributed by atoms with E-state index >= 15 is 0 Å². The molecule has 0 atom stereocenters. The van der Waals surface area contributed by atoms with Crippen LogP contribution < -0.4 is 11.1 Å². The second kappa shape index (κ2) is 8.44. The first-order valence-electron chi connectivity index (χ1n) is 6.70. The fourth-order valence-corrected chi connectivity index (χ4v) is 3.06. The third kappa shape index (κ3) is 5.32. The molecule has 0 heterocycles. The maximum absolute atomic E-state index is 11.9. The lowest BCUT2D eigenvalue weighted by atomic mass is 9.72. The van der Waals surface area contributed by atoms with Crippen LogP contribution in [0.3, 0.4) is 0 Å². The van der Waals surface area contributed by atoms with Crippen LogP contribution in [0.25, 0.3) is 0 Å². The van der Waals surface area contributed by atoms with Crippen LogP contribution in [0.15, 0.2) is 0 Å². The topological polar surface area (TPSA) is 55.1 Å². The number of rotatable bonds is 7. The highest BCUT2D eigenvalue weighted by Crippen LogP contribution is 2.38. The van der Waals surface area contributed by atoms with E-state index in [1.165, 1.54) is 19.3 Å². The molecule has 3 N–H and O–H groups in total. The van der Waals surface area contributed by atoms with Crippen LogP contribution in [0.1, 0.15) is 38.5 Å². The van der Waals surface area contributed by atoms with Gasteiger partial charge in [-0.05, 0) is 24.8 Å². The summed E-state index contributed by atoms with van der Waals surface area (Å²) in [6, 6.07) is 0. The summed E-state index contributed by atoms with van der Waals surface area (Å²) in [5.41, 5.74) is 5.94. The zero-order chi connectivity index (χ0) is 13.3. The predicted molar refractivity (Wildman–Crippen MR) is 78.4 cm³/mol. The first kappa shape index (κ1) is 15.4. The smallest absolute Gasteiger partial charge is 0.220 e. The number of carbonyl (C=O) groups excluding carboxylic acids is 1. The van der Waals surface area contributed by atoms with Gasteiger partial charge in [0.05, 0.1) is 5.75 Å². The van der Waals surface area contributed by atoms with Gasteiger partial charge in [0.15, 0.2) is 0 Å². The number of thioether (sulfide) groups is 1. The van der Waals surface area contributed by atoms with Gasteiger partial charge in [0.1, 0.15) is 0 Å². The van der Waals surface area contributed by atoms with Crippen molar-refractivity contribution in [3.05, 3.63) is 0 Å². The normalized spacial score (nSPS) is 18.0. The molecule has 0 spiro atoms. The molecule has 0 radical (unpaired) electrons. The zero-order valence-electron chi connectivity index (χ0n) is 11.0. The molecule has 1 fully saturated rings. The molecule has 3 nitrogen and oxygen atoms in total. The van der Waals surface area contributed by atoms with Crippen LogP contribution in [0.2, 0.25) is 0 Å². The lowest BCUT2D eigenvalue weighted by Gasteiger charge is -2.35. The van der Waals surface area contributed by atoms with Gasteiger partial charge in [0, 0.05) is 18.7 Å². The van der Waals surface area contributed by atoms with Crippen molar-refractivity contribution in [1.29, 1.82) is 0 Å². The van der Waals surface area contributed by atoms with Gasteiger partial charge in [-0.15, -0.1) is 18.2 Å². The molecule has 0 bridgehead atoms. The maximum Gasteiger partial charge on any atom is 0.220 e. The van der Waals surface area contributed by atoms with E-state index in [9.17, 15) is 4.79 Å². The number of hydrogen-bond acceptors (Lipinski definition) is 3. The second-order valence-electron chi connectivity index (χ2n) is 5.05. The predicted octanol–water partition coefficient (Wildman–Crippen LogP) is 1.77. The van der Waals surface area contributed by atoms with Crippen molar-refractivity contribution in [1.82, 2.24) is 5.32 Å². The highest BCUT2D eigenvalue weighted by molar-refractivity contribution is 7.99. The molecule has 1 aliphatic rings. The Morgan fingerprint density at radius 3 is 2.72 bits per heavy atom. The van der Waals surface area contributed by atoms with Crippen molar-refractivity contribution >= 4 is 17.7 Å². The first-order chi connectivity index (χ1) is 8.72. The zero-order valence-corrected chi connectivity index (χ0v) is 11.9. The summed E-state index contributed by atoms with van der Waals surface area (Å²) in [5, 5.41) is 2.96. The molecule has 0 unspecified atom stereocenters. The molecule has 0 aromatic rings. The van der Waals surface area contributed by atoms with Crippen LogP contribution in [-0.4, -0.2) is 30.5 Å². The summed E-state index contributed by atoms with van der Waals surface area (Å²) in [6.07, 6.45) is 11.6. The van der Waals surface area contributed by atoms with E-state index in [0.717, 1.165) is 18.6 Å². The van der Waals surface area contributed by atoms with Crippen molar-refractivity contribution in [2.75, 3.05) is 24.6 Å². The molecule has 0 aromatic heterocycles. The van der Waals surface area contributed by atoms with Crippen LogP contribution in [-0.2, 0) is 4.79 Å². The number of carbonyl (C=O) groups is 1. The summed E-state index contributed by atoms with van der Waals surface area (Å²) in [5.74, 6) is 4.30. The SMILES string of the molecule is C#CCSCCNC(=O)CC1(CN)CCCCC1. The van der Waals surface area contributed by atoms with E-state index < -0.39 is 0 Å². The van der Waals surface area contributed by atoms with Crippen molar-refractivity contribution in [2.24, 2.45) is 11.1 Å². The summed E-state index contributed by atoms with van der Waals surface area (Å²) < 4.78 is 0. The van der Waals surface area contributed by atoms with Gasteiger partial charge >= 0.3 is 0 Å². The minimum absolute atomic E-state index is 0.0638. The summed E-state index contributed by atoms with van der Waals surface area (Å²) in [7, 11) is 0. The monoisotopic (exact) mass is 268 g/mol. The molecule has 1 aliphatic carbocycles. The third-order valence-electron chi connectivity index (χ3n) is 3.64. The van der Waals surface area contributed by atoms with Gasteiger partial charge in [-0.2, -0.15) is 0 Å². The quantitative estimate of drug-likeness (QED) is 0.546. The second-order valence-corrected chi connectivity index (χ2v) is 6.15. The number of nitrogens with two attached hydrogens (primary N) is 1. The minimum Gasteiger partial charge on any atom is -0.355 e. The molecule has 0 saturated heterocycles. The molecule has 0 aromatic carbocycles. The average molecular weight is 268 g/mol. The largest absolute Gasteiger partial charge is 0.355 e. The highest BCUT2D eigenvalue weighted by atomic mass is 32.2. The van der Waals surface area contributed by atoms with Gasteiger partial charge in [-0.3, -0.25) is 4.79 Å². The Bertz CT molecular complexity index is 293. The Balaban J connectivity index is 2.23. The molecule has 4 heteroatoms. The van der Waals surface area contributed by atoms with Crippen LogP contribution in [0.4, 0.5) is 0 Å². The minimum atomic E-state index is 0.0638. The molecular formula is C14H24N2OS. The Labute approximate surface area is 115 Å². The molecule has 1 amide bonds. The standard InChI is InChI=1S/C14H24N2OS/c1-2-9-18-10-8-16-13(17)11-14(12-15)6-4-3-5-7-14/h1H,3-12,15H2,(H,16,17). The Morgan fingerprint density at radius 1 is 1.39 bits per heavy atom. The van der Waals surface area contributed by atoms with Crippen molar-refractivity contribution in [3.8, 4) is 12.3 Å². The van der Waals surface area contributed by atoms with E-state index in [2.05, 4.69) is 11.2 Å². The van der Waals surface area contributed by atoms with E-state index in [1.54, 1.807) is 11.8 Å². The number of amides is 1. The average Bonchev–Trinajstić information content (AvgIpc) is 2.39. The number of nitrogens with one attached hydrogen (secondary N) is 1. The van der Waals surface area contributed by atoms with E-state index in [1.807, 2.05) is 0 Å². The van der Waals surface area contributed by atoms with Crippen LogP contribution in [0.5, 0.6) is 0 Å². The maximum atomic E-state index is 11.9. The first-order valence-corrected chi connectivity index (χ1v) is 7.86. The number of terminal acetylenes is 1. The van der Waals surface area contributed by atoms with Crippen molar-refractivity contribution in [2.45, 2.75) is 38.5 Å². The summed E-state index contributed by atoms with van der Waals surface area (Å²) >= 11 is 1.67. The fraction of sp³-hybridized carbons (Fsp3) is 0.786. The van der Waals surface area contributed by atoms with Crippen molar-refractivity contribution in [3.63, 3.8) is 0 Å². The van der Waals surface area contributed by atoms with Gasteiger partial charge < -0.3 is 11.1 Å². The van der Waals surface area contributed by atoms with Gasteiger partial charge in [-0.25, -0.2) is 0 Å². The Hall–Kier alpha value is -0.660. The molecule has 1 saturated carbocycles. The fourth-order valence-electron chi connectivity index (χ4n) is 2.55. The van der Waals surface area contributed by atoms with E-state index in [-0.39, 0.29) is 11.3 Å². The Kier molecular flexibility index (Phi) is 7.22. The summed E-state index contributed by atoms with van der Waals surface area (Å²) in [4.78, 5) is 11.9. The molecular weight excluding hydrogens is 244 g/mol. The van der Waals surface area contributed by atoms with Crippen LogP contribution >= 0.6 is 11.8 Å².